The molecule has 0 saturated carbocycles. The molecule has 0 aromatic heterocycles. The molecule has 0 amide bonds. The van der Waals surface area contributed by atoms with Crippen molar-refractivity contribution in [2.45, 2.75) is 0 Å². The smallest absolute Gasteiger partial charge is 0.195 e. The molecule has 1 rings (SSSR count). The molecule has 1 aromatic rings. The van der Waals surface area contributed by atoms with Crippen molar-refractivity contribution in [2.24, 2.45) is 0 Å². The van der Waals surface area contributed by atoms with Crippen LogP contribution in [0.5, 0.6) is 0 Å². The number of hydrogen-bond donors (Lipinski definition) is 1. The molecule has 0 aliphatic heterocycles. The molecule has 1 aromatic carbocycles. The normalized spacial score (nSPS) is 9.23. The van der Waals surface area contributed by atoms with Gasteiger partial charge in [0, 0.05) is 0 Å². The maximum Gasteiger partial charge on any atom is 0.195 e. The van der Waals surface area contributed by atoms with Gasteiger partial charge >= 0.3 is 0 Å². The van der Waals surface area contributed by atoms with E-state index in [1.54, 1.807) is 0 Å². The van der Waals surface area contributed by atoms with E-state index in [4.69, 9.17) is 5.11 Å². The number of halogens is 3. The Balaban J connectivity index is 3.18. The third-order valence-corrected chi connectivity index (χ3v) is 1.34. The molecule has 0 radical (unpaired) electrons. The van der Waals surface area contributed by atoms with Gasteiger partial charge in [-0.15, -0.1) is 0 Å². The highest BCUT2D eigenvalue weighted by molar-refractivity contribution is 5.36. The van der Waals surface area contributed by atoms with E-state index >= 15 is 0 Å². The zero-order valence-electron chi connectivity index (χ0n) is 6.44. The van der Waals surface area contributed by atoms with Crippen molar-refractivity contribution in [3.8, 4) is 11.8 Å². The molecule has 1 N–H and O–H groups in total. The maximum atomic E-state index is 12.8. The monoisotopic (exact) mass is 186 g/mol. The molecule has 0 fully saturated rings. The average molecular weight is 186 g/mol. The zero-order chi connectivity index (χ0) is 9.84. The Bertz CT molecular complexity index is 376. The molecule has 0 aliphatic rings. The minimum atomic E-state index is -1.55. The highest BCUT2D eigenvalue weighted by atomic mass is 19.2. The second-order valence-corrected chi connectivity index (χ2v) is 2.18. The molecule has 1 nitrogen and oxygen atoms in total. The van der Waals surface area contributed by atoms with E-state index in [-0.39, 0.29) is 5.56 Å². The quantitative estimate of drug-likeness (QED) is 0.480. The van der Waals surface area contributed by atoms with Gasteiger partial charge in [0.25, 0.3) is 0 Å². The SMILES string of the molecule is OCC#Cc1ccc(F)c(F)c1F. The lowest BCUT2D eigenvalue weighted by Gasteiger charge is -1.96. The minimum absolute atomic E-state index is 0.270. The zero-order valence-corrected chi connectivity index (χ0v) is 6.44. The van der Waals surface area contributed by atoms with Gasteiger partial charge < -0.3 is 5.11 Å². The molecule has 0 saturated heterocycles. The van der Waals surface area contributed by atoms with Crippen LogP contribution in [0.4, 0.5) is 13.2 Å². The Morgan fingerprint density at radius 2 is 1.85 bits per heavy atom. The molecule has 4 heteroatoms. The third-order valence-electron chi connectivity index (χ3n) is 1.34. The molecule has 0 bridgehead atoms. The summed E-state index contributed by atoms with van der Waals surface area (Å²) >= 11 is 0. The summed E-state index contributed by atoms with van der Waals surface area (Å²) in [5, 5.41) is 8.28. The van der Waals surface area contributed by atoms with Gasteiger partial charge in [-0.3, -0.25) is 0 Å². The summed E-state index contributed by atoms with van der Waals surface area (Å²) in [4.78, 5) is 0. The van der Waals surface area contributed by atoms with Gasteiger partial charge in [0.1, 0.15) is 6.61 Å². The second-order valence-electron chi connectivity index (χ2n) is 2.18. The van der Waals surface area contributed by atoms with Crippen LogP contribution in [0.2, 0.25) is 0 Å². The van der Waals surface area contributed by atoms with Crippen LogP contribution in [-0.2, 0) is 0 Å². The molecular formula is C9H5F3O. The highest BCUT2D eigenvalue weighted by Crippen LogP contribution is 2.13. The predicted molar refractivity (Wildman–Crippen MR) is 40.3 cm³/mol. The van der Waals surface area contributed by atoms with Crippen molar-refractivity contribution in [3.05, 3.63) is 35.1 Å². The molecular weight excluding hydrogens is 181 g/mol. The summed E-state index contributed by atoms with van der Waals surface area (Å²) in [5.74, 6) is 0.136. The van der Waals surface area contributed by atoms with Crippen LogP contribution in [-0.4, -0.2) is 11.7 Å². The van der Waals surface area contributed by atoms with E-state index in [2.05, 4.69) is 11.8 Å². The Morgan fingerprint density at radius 1 is 1.15 bits per heavy atom. The Kier molecular flexibility index (Phi) is 2.93. The Morgan fingerprint density at radius 3 is 2.46 bits per heavy atom. The van der Waals surface area contributed by atoms with Crippen molar-refractivity contribution in [1.29, 1.82) is 0 Å². The van der Waals surface area contributed by atoms with Crippen LogP contribution in [0.3, 0.4) is 0 Å². The van der Waals surface area contributed by atoms with Crippen molar-refractivity contribution < 1.29 is 18.3 Å². The van der Waals surface area contributed by atoms with E-state index in [1.807, 2.05) is 0 Å². The van der Waals surface area contributed by atoms with Gasteiger partial charge in [-0.05, 0) is 12.1 Å². The van der Waals surface area contributed by atoms with Crippen LogP contribution in [0.25, 0.3) is 0 Å². The van der Waals surface area contributed by atoms with Crippen molar-refractivity contribution in [3.63, 3.8) is 0 Å². The molecule has 0 aliphatic carbocycles. The van der Waals surface area contributed by atoms with Crippen molar-refractivity contribution >= 4 is 0 Å². The fourth-order valence-corrected chi connectivity index (χ4v) is 0.757. The predicted octanol–water partition coefficient (Wildman–Crippen LogP) is 1.45. The number of aliphatic hydroxyl groups is 1. The molecule has 0 atom stereocenters. The molecule has 0 heterocycles. The summed E-state index contributed by atoms with van der Waals surface area (Å²) in [7, 11) is 0. The molecule has 13 heavy (non-hydrogen) atoms. The summed E-state index contributed by atoms with van der Waals surface area (Å²) in [5.41, 5.74) is -0.270. The first-order valence-electron chi connectivity index (χ1n) is 3.40. The van der Waals surface area contributed by atoms with Gasteiger partial charge in [0.2, 0.25) is 0 Å². The summed E-state index contributed by atoms with van der Waals surface area (Å²) in [6, 6.07) is 1.79. The van der Waals surface area contributed by atoms with Crippen LogP contribution in [0, 0.1) is 29.3 Å². The van der Waals surface area contributed by atoms with E-state index in [9.17, 15) is 13.2 Å². The second kappa shape index (κ2) is 3.97. The number of rotatable bonds is 0. The molecule has 68 valence electrons. The number of benzene rings is 1. The lowest BCUT2D eigenvalue weighted by atomic mass is 10.2. The van der Waals surface area contributed by atoms with Crippen LogP contribution >= 0.6 is 0 Å². The van der Waals surface area contributed by atoms with Gasteiger partial charge in [-0.25, -0.2) is 13.2 Å². The summed E-state index contributed by atoms with van der Waals surface area (Å²) in [6.45, 7) is -0.460. The van der Waals surface area contributed by atoms with Crippen LogP contribution in [0.15, 0.2) is 12.1 Å². The molecule has 0 spiro atoms. The van der Waals surface area contributed by atoms with Crippen molar-refractivity contribution in [1.82, 2.24) is 0 Å². The Hall–Kier alpha value is -1.47. The van der Waals surface area contributed by atoms with Crippen LogP contribution in [0.1, 0.15) is 5.56 Å². The van der Waals surface area contributed by atoms with E-state index < -0.39 is 24.1 Å². The third kappa shape index (κ3) is 2.01. The average Bonchev–Trinajstić information content (AvgIpc) is 2.13. The van der Waals surface area contributed by atoms with Gasteiger partial charge in [-0.2, -0.15) is 0 Å². The van der Waals surface area contributed by atoms with E-state index in [0.29, 0.717) is 0 Å². The lowest BCUT2D eigenvalue weighted by Crippen LogP contribution is -1.93. The van der Waals surface area contributed by atoms with Crippen molar-refractivity contribution in [2.75, 3.05) is 6.61 Å². The number of aliphatic hydroxyl groups excluding tert-OH is 1. The first-order valence-corrected chi connectivity index (χ1v) is 3.40. The fourth-order valence-electron chi connectivity index (χ4n) is 0.757. The lowest BCUT2D eigenvalue weighted by molar-refractivity contribution is 0.350. The van der Waals surface area contributed by atoms with E-state index in [0.717, 1.165) is 12.1 Å². The highest BCUT2D eigenvalue weighted by Gasteiger charge is 2.11. The standard InChI is InChI=1S/C9H5F3O/c10-7-4-3-6(2-1-5-13)8(11)9(7)12/h3-4,13H,5H2. The van der Waals surface area contributed by atoms with E-state index in [1.165, 1.54) is 0 Å². The fraction of sp³-hybridized carbons (Fsp3) is 0.111. The van der Waals surface area contributed by atoms with Crippen LogP contribution < -0.4 is 0 Å². The summed E-state index contributed by atoms with van der Waals surface area (Å²) < 4.78 is 37.7. The topological polar surface area (TPSA) is 20.2 Å². The maximum absolute atomic E-state index is 12.8. The van der Waals surface area contributed by atoms with Gasteiger partial charge in [0.05, 0.1) is 5.56 Å². The number of hydrogen-bond acceptors (Lipinski definition) is 1. The molecule has 0 unspecified atom stereocenters. The first kappa shape index (κ1) is 9.62. The largest absolute Gasteiger partial charge is 0.384 e. The first-order chi connectivity index (χ1) is 6.16. The Labute approximate surface area is 72.8 Å². The van der Waals surface area contributed by atoms with Gasteiger partial charge in [0.15, 0.2) is 17.5 Å². The minimum Gasteiger partial charge on any atom is -0.384 e. The summed E-state index contributed by atoms with van der Waals surface area (Å²) in [6.07, 6.45) is 0. The van der Waals surface area contributed by atoms with Gasteiger partial charge in [-0.1, -0.05) is 11.8 Å².